The Morgan fingerprint density at radius 3 is 2.35 bits per heavy atom. The van der Waals surface area contributed by atoms with Gasteiger partial charge in [-0.05, 0) is 31.2 Å². The average molecular weight is 273 g/mol. The highest BCUT2D eigenvalue weighted by molar-refractivity contribution is 5.95. The van der Waals surface area contributed by atoms with E-state index in [1.807, 2.05) is 20.2 Å². The summed E-state index contributed by atoms with van der Waals surface area (Å²) in [6.07, 6.45) is 1.85. The number of aryl methyl sites for hydroxylation is 2. The van der Waals surface area contributed by atoms with Crippen LogP contribution in [0.5, 0.6) is 0 Å². The normalized spacial score (nSPS) is 10.3. The van der Waals surface area contributed by atoms with Gasteiger partial charge in [-0.2, -0.15) is 5.10 Å². The van der Waals surface area contributed by atoms with E-state index in [0.717, 1.165) is 11.3 Å². The molecule has 0 saturated heterocycles. The number of carboxylic acid groups (broad SMARTS) is 1. The van der Waals surface area contributed by atoms with Crippen molar-refractivity contribution in [1.29, 1.82) is 0 Å². The molecular weight excluding hydrogens is 258 g/mol. The number of aromatic carboxylic acids is 1. The van der Waals surface area contributed by atoms with E-state index in [-0.39, 0.29) is 11.5 Å². The number of rotatable bonds is 4. The van der Waals surface area contributed by atoms with Crippen molar-refractivity contribution in [3.63, 3.8) is 0 Å². The third kappa shape index (κ3) is 3.03. The molecule has 20 heavy (non-hydrogen) atoms. The fourth-order valence-corrected chi connectivity index (χ4v) is 1.86. The summed E-state index contributed by atoms with van der Waals surface area (Å²) in [6.45, 7) is 2.27. The van der Waals surface area contributed by atoms with Crippen LogP contribution in [0, 0.1) is 6.92 Å². The molecule has 1 aromatic heterocycles. The molecule has 104 valence electrons. The van der Waals surface area contributed by atoms with Gasteiger partial charge in [-0.3, -0.25) is 9.48 Å². The Morgan fingerprint density at radius 1 is 1.25 bits per heavy atom. The zero-order valence-electron chi connectivity index (χ0n) is 11.3. The molecule has 0 unspecified atom stereocenters. The zero-order valence-corrected chi connectivity index (χ0v) is 11.3. The van der Waals surface area contributed by atoms with Gasteiger partial charge in [-0.1, -0.05) is 0 Å². The summed E-state index contributed by atoms with van der Waals surface area (Å²) in [6, 6.07) is 5.81. The van der Waals surface area contributed by atoms with Crippen molar-refractivity contribution in [2.75, 3.05) is 0 Å². The molecule has 1 heterocycles. The van der Waals surface area contributed by atoms with E-state index < -0.39 is 5.97 Å². The standard InChI is InChI=1S/C14H15N3O3/c1-9-12(8-17(2)16-9)7-15-13(18)10-3-5-11(6-4-10)14(19)20/h3-6,8H,7H2,1-2H3,(H,15,18)(H,19,20). The number of hydrogen-bond donors (Lipinski definition) is 2. The maximum atomic E-state index is 11.9. The SMILES string of the molecule is Cc1nn(C)cc1CNC(=O)c1ccc(C(=O)O)cc1. The first-order chi connectivity index (χ1) is 9.47. The van der Waals surface area contributed by atoms with E-state index in [1.165, 1.54) is 24.3 Å². The fourth-order valence-electron chi connectivity index (χ4n) is 1.86. The van der Waals surface area contributed by atoms with Gasteiger partial charge in [0.25, 0.3) is 5.91 Å². The Balaban J connectivity index is 2.01. The Labute approximate surface area is 116 Å². The molecule has 0 spiro atoms. The van der Waals surface area contributed by atoms with Crippen molar-refractivity contribution in [3.8, 4) is 0 Å². The molecule has 6 heteroatoms. The summed E-state index contributed by atoms with van der Waals surface area (Å²) >= 11 is 0. The van der Waals surface area contributed by atoms with Crippen LogP contribution in [0.3, 0.4) is 0 Å². The minimum atomic E-state index is -1.01. The van der Waals surface area contributed by atoms with Crippen LogP contribution in [-0.2, 0) is 13.6 Å². The second-order valence-electron chi connectivity index (χ2n) is 4.48. The monoisotopic (exact) mass is 273 g/mol. The largest absolute Gasteiger partial charge is 0.478 e. The molecule has 1 aromatic carbocycles. The molecule has 0 bridgehead atoms. The van der Waals surface area contributed by atoms with Crippen LogP contribution in [0.15, 0.2) is 30.5 Å². The summed E-state index contributed by atoms with van der Waals surface area (Å²) in [7, 11) is 1.82. The van der Waals surface area contributed by atoms with Crippen LogP contribution in [0.4, 0.5) is 0 Å². The molecule has 0 aliphatic rings. The van der Waals surface area contributed by atoms with Gasteiger partial charge in [0.1, 0.15) is 0 Å². The first kappa shape index (κ1) is 13.8. The minimum Gasteiger partial charge on any atom is -0.478 e. The highest BCUT2D eigenvalue weighted by Crippen LogP contribution is 2.07. The van der Waals surface area contributed by atoms with Crippen molar-refractivity contribution in [2.24, 2.45) is 7.05 Å². The van der Waals surface area contributed by atoms with Gasteiger partial charge >= 0.3 is 5.97 Å². The highest BCUT2D eigenvalue weighted by Gasteiger charge is 2.09. The highest BCUT2D eigenvalue weighted by atomic mass is 16.4. The summed E-state index contributed by atoms with van der Waals surface area (Å²) in [5.74, 6) is -1.26. The fraction of sp³-hybridized carbons (Fsp3) is 0.214. The molecule has 0 saturated carbocycles. The van der Waals surface area contributed by atoms with Crippen molar-refractivity contribution in [2.45, 2.75) is 13.5 Å². The molecule has 0 fully saturated rings. The van der Waals surface area contributed by atoms with Crippen LogP contribution in [0.2, 0.25) is 0 Å². The van der Waals surface area contributed by atoms with Gasteiger partial charge in [0.2, 0.25) is 0 Å². The van der Waals surface area contributed by atoms with E-state index in [0.29, 0.717) is 12.1 Å². The molecule has 0 aliphatic heterocycles. The van der Waals surface area contributed by atoms with E-state index in [9.17, 15) is 9.59 Å². The summed E-state index contributed by atoms with van der Waals surface area (Å²) in [5.41, 5.74) is 2.40. The van der Waals surface area contributed by atoms with Crippen LogP contribution in [0.1, 0.15) is 32.0 Å². The molecule has 0 atom stereocenters. The smallest absolute Gasteiger partial charge is 0.335 e. The van der Waals surface area contributed by atoms with Gasteiger partial charge in [0.05, 0.1) is 11.3 Å². The predicted octanol–water partition coefficient (Wildman–Crippen LogP) is 1.36. The van der Waals surface area contributed by atoms with E-state index in [4.69, 9.17) is 5.11 Å². The maximum absolute atomic E-state index is 11.9. The van der Waals surface area contributed by atoms with Gasteiger partial charge in [0.15, 0.2) is 0 Å². The van der Waals surface area contributed by atoms with Gasteiger partial charge < -0.3 is 10.4 Å². The van der Waals surface area contributed by atoms with Crippen LogP contribution in [-0.4, -0.2) is 26.8 Å². The predicted molar refractivity (Wildman–Crippen MR) is 72.5 cm³/mol. The number of nitrogens with one attached hydrogen (secondary N) is 1. The van der Waals surface area contributed by atoms with Gasteiger partial charge in [-0.25, -0.2) is 4.79 Å². The number of benzene rings is 1. The lowest BCUT2D eigenvalue weighted by atomic mass is 10.1. The Hall–Kier alpha value is -2.63. The lowest BCUT2D eigenvalue weighted by molar-refractivity contribution is 0.0696. The molecule has 2 aromatic rings. The van der Waals surface area contributed by atoms with Crippen LogP contribution in [0.25, 0.3) is 0 Å². The van der Waals surface area contributed by atoms with Gasteiger partial charge in [-0.15, -0.1) is 0 Å². The van der Waals surface area contributed by atoms with E-state index in [2.05, 4.69) is 10.4 Å². The second-order valence-corrected chi connectivity index (χ2v) is 4.48. The first-order valence-electron chi connectivity index (χ1n) is 6.08. The Kier molecular flexibility index (Phi) is 3.84. The maximum Gasteiger partial charge on any atom is 0.335 e. The first-order valence-corrected chi connectivity index (χ1v) is 6.08. The number of carbonyl (C=O) groups excluding carboxylic acids is 1. The number of carbonyl (C=O) groups is 2. The Bertz CT molecular complexity index is 644. The number of aromatic nitrogens is 2. The third-order valence-corrected chi connectivity index (χ3v) is 2.95. The number of amides is 1. The molecule has 0 radical (unpaired) electrons. The third-order valence-electron chi connectivity index (χ3n) is 2.95. The van der Waals surface area contributed by atoms with Crippen molar-refractivity contribution in [1.82, 2.24) is 15.1 Å². The van der Waals surface area contributed by atoms with E-state index in [1.54, 1.807) is 4.68 Å². The molecular formula is C14H15N3O3. The summed E-state index contributed by atoms with van der Waals surface area (Å²) in [4.78, 5) is 22.7. The number of hydrogen-bond acceptors (Lipinski definition) is 3. The molecule has 6 nitrogen and oxygen atoms in total. The van der Waals surface area contributed by atoms with Crippen molar-refractivity contribution in [3.05, 3.63) is 52.8 Å². The summed E-state index contributed by atoms with van der Waals surface area (Å²) < 4.78 is 1.69. The van der Waals surface area contributed by atoms with E-state index >= 15 is 0 Å². The van der Waals surface area contributed by atoms with Gasteiger partial charge in [0, 0.05) is 30.9 Å². The molecule has 1 amide bonds. The zero-order chi connectivity index (χ0) is 14.7. The van der Waals surface area contributed by atoms with Crippen molar-refractivity contribution < 1.29 is 14.7 Å². The van der Waals surface area contributed by atoms with Crippen molar-refractivity contribution >= 4 is 11.9 Å². The number of carboxylic acids is 1. The molecule has 2 rings (SSSR count). The lowest BCUT2D eigenvalue weighted by Crippen LogP contribution is -2.23. The number of nitrogens with zero attached hydrogens (tertiary/aromatic N) is 2. The average Bonchev–Trinajstić information content (AvgIpc) is 2.74. The molecule has 0 aliphatic carbocycles. The topological polar surface area (TPSA) is 84.2 Å². The minimum absolute atomic E-state index is 0.157. The Morgan fingerprint density at radius 2 is 1.85 bits per heavy atom. The van der Waals surface area contributed by atoms with Crippen LogP contribution >= 0.6 is 0 Å². The quantitative estimate of drug-likeness (QED) is 0.880. The lowest BCUT2D eigenvalue weighted by Gasteiger charge is -2.04. The second kappa shape index (κ2) is 5.56. The molecule has 2 N–H and O–H groups in total. The summed E-state index contributed by atoms with van der Waals surface area (Å²) in [5, 5.41) is 15.8. The van der Waals surface area contributed by atoms with Crippen LogP contribution < -0.4 is 5.32 Å².